The second kappa shape index (κ2) is 7.12. The van der Waals surface area contributed by atoms with Crippen molar-refractivity contribution in [2.24, 2.45) is 32.4 Å². The van der Waals surface area contributed by atoms with Gasteiger partial charge in [-0.1, -0.05) is 42.5 Å². The Labute approximate surface area is 147 Å². The molecule has 0 fully saturated rings. The molecule has 3 rings (SSSR count). The van der Waals surface area contributed by atoms with Crippen molar-refractivity contribution >= 4 is 17.6 Å². The van der Waals surface area contributed by atoms with Crippen molar-refractivity contribution in [3.05, 3.63) is 59.7 Å². The van der Waals surface area contributed by atoms with Gasteiger partial charge < -0.3 is 11.5 Å². The molecule has 136 valence electrons. The lowest BCUT2D eigenvalue weighted by molar-refractivity contribution is -0.137. The molecule has 6 nitrogen and oxygen atoms in total. The maximum absolute atomic E-state index is 13.1. The van der Waals surface area contributed by atoms with Crippen LogP contribution in [0.5, 0.6) is 0 Å². The summed E-state index contributed by atoms with van der Waals surface area (Å²) in [5, 5.41) is 3.19. The van der Waals surface area contributed by atoms with Gasteiger partial charge in [0.15, 0.2) is 0 Å². The zero-order valence-corrected chi connectivity index (χ0v) is 13.6. The first-order valence-corrected chi connectivity index (χ1v) is 7.84. The van der Waals surface area contributed by atoms with Crippen LogP contribution < -0.4 is 16.8 Å². The molecule has 5 N–H and O–H groups in total. The minimum absolute atomic E-state index is 0.0383. The smallest absolute Gasteiger partial charge is 0.383 e. The van der Waals surface area contributed by atoms with Crippen LogP contribution in [0.3, 0.4) is 0 Å². The van der Waals surface area contributed by atoms with Crippen LogP contribution in [-0.2, 0) is 6.18 Å². The third kappa shape index (κ3) is 3.83. The second-order valence-corrected chi connectivity index (χ2v) is 5.71. The van der Waals surface area contributed by atoms with Crippen LogP contribution in [0.1, 0.15) is 11.1 Å². The SMILES string of the molecule is NC(=NC1=NCNC2C=CC=CC12)N=C(N)c1ccccc1C(F)(F)F. The number of fused-ring (bicyclic) bond motifs is 1. The minimum atomic E-state index is -4.55. The van der Waals surface area contributed by atoms with Gasteiger partial charge >= 0.3 is 6.18 Å². The number of aliphatic imine (C=N–C) groups is 3. The van der Waals surface area contributed by atoms with Gasteiger partial charge in [-0.3, -0.25) is 10.3 Å². The number of nitrogens with two attached hydrogens (primary N) is 2. The number of alkyl halides is 3. The third-order valence-electron chi connectivity index (χ3n) is 3.97. The number of hydrogen-bond acceptors (Lipinski definition) is 3. The predicted molar refractivity (Wildman–Crippen MR) is 94.8 cm³/mol. The lowest BCUT2D eigenvalue weighted by Gasteiger charge is -2.28. The molecule has 1 aromatic carbocycles. The van der Waals surface area contributed by atoms with Crippen molar-refractivity contribution in [2.75, 3.05) is 6.67 Å². The van der Waals surface area contributed by atoms with E-state index in [0.717, 1.165) is 6.07 Å². The molecule has 1 aliphatic heterocycles. The maximum Gasteiger partial charge on any atom is 0.417 e. The number of nitrogens with zero attached hydrogens (tertiary/aromatic N) is 3. The molecule has 26 heavy (non-hydrogen) atoms. The Bertz CT molecular complexity index is 835. The Kier molecular flexibility index (Phi) is 4.90. The lowest BCUT2D eigenvalue weighted by atomic mass is 9.93. The summed E-state index contributed by atoms with van der Waals surface area (Å²) in [7, 11) is 0. The van der Waals surface area contributed by atoms with Crippen molar-refractivity contribution in [3.8, 4) is 0 Å². The summed E-state index contributed by atoms with van der Waals surface area (Å²) < 4.78 is 39.3. The van der Waals surface area contributed by atoms with E-state index in [9.17, 15) is 13.2 Å². The maximum atomic E-state index is 13.1. The van der Waals surface area contributed by atoms with Gasteiger partial charge in [0.1, 0.15) is 11.7 Å². The number of guanidine groups is 1. The molecule has 1 aromatic rings. The van der Waals surface area contributed by atoms with Crippen molar-refractivity contribution in [3.63, 3.8) is 0 Å². The summed E-state index contributed by atoms with van der Waals surface area (Å²) in [5.74, 6) is -0.273. The Morgan fingerprint density at radius 3 is 2.65 bits per heavy atom. The van der Waals surface area contributed by atoms with Crippen molar-refractivity contribution in [1.29, 1.82) is 0 Å². The van der Waals surface area contributed by atoms with Crippen LogP contribution >= 0.6 is 0 Å². The summed E-state index contributed by atoms with van der Waals surface area (Å²) in [6.07, 6.45) is 3.12. The molecular formula is C17H17F3N6. The number of halogens is 3. The Hall–Kier alpha value is -2.94. The summed E-state index contributed by atoms with van der Waals surface area (Å²) in [4.78, 5) is 12.2. The largest absolute Gasteiger partial charge is 0.417 e. The van der Waals surface area contributed by atoms with Crippen molar-refractivity contribution in [2.45, 2.75) is 12.2 Å². The highest BCUT2D eigenvalue weighted by Gasteiger charge is 2.34. The summed E-state index contributed by atoms with van der Waals surface area (Å²) in [6, 6.07) is 4.94. The number of amidine groups is 2. The van der Waals surface area contributed by atoms with Gasteiger partial charge in [-0.05, 0) is 6.07 Å². The topological polar surface area (TPSA) is 101 Å². The highest BCUT2D eigenvalue weighted by Crippen LogP contribution is 2.31. The summed E-state index contributed by atoms with van der Waals surface area (Å²) >= 11 is 0. The number of allylic oxidation sites excluding steroid dienone is 2. The van der Waals surface area contributed by atoms with Gasteiger partial charge in [0.05, 0.1) is 18.2 Å². The Morgan fingerprint density at radius 2 is 1.88 bits per heavy atom. The van der Waals surface area contributed by atoms with Crippen LogP contribution in [0, 0.1) is 5.92 Å². The number of rotatable bonds is 1. The van der Waals surface area contributed by atoms with Crippen LogP contribution in [0.2, 0.25) is 0 Å². The predicted octanol–water partition coefficient (Wildman–Crippen LogP) is 1.80. The Balaban J connectivity index is 1.88. The molecule has 1 heterocycles. The van der Waals surface area contributed by atoms with E-state index in [4.69, 9.17) is 11.5 Å². The van der Waals surface area contributed by atoms with E-state index in [1.54, 1.807) is 0 Å². The molecule has 9 heteroatoms. The first kappa shape index (κ1) is 17.9. The van der Waals surface area contributed by atoms with Gasteiger partial charge in [-0.25, -0.2) is 0 Å². The molecule has 2 aliphatic rings. The zero-order valence-electron chi connectivity index (χ0n) is 13.6. The lowest BCUT2D eigenvalue weighted by Crippen LogP contribution is -2.43. The fourth-order valence-corrected chi connectivity index (χ4v) is 2.78. The standard InChI is InChI=1S/C17H17F3N6/c18-17(19,20)12-7-3-1-5-10(12)14(21)25-16(22)26-15-11-6-2-4-8-13(11)23-9-24-15/h1-8,11,13,23H,9H2,(H4,21,22,24,25,26). The van der Waals surface area contributed by atoms with Gasteiger partial charge in [0, 0.05) is 11.6 Å². The average molecular weight is 362 g/mol. The van der Waals surface area contributed by atoms with E-state index in [1.165, 1.54) is 18.2 Å². The first-order chi connectivity index (χ1) is 12.4. The van der Waals surface area contributed by atoms with Crippen molar-refractivity contribution in [1.82, 2.24) is 5.32 Å². The third-order valence-corrected chi connectivity index (χ3v) is 3.97. The normalized spacial score (nSPS) is 23.6. The van der Waals surface area contributed by atoms with Gasteiger partial charge in [0.25, 0.3) is 0 Å². The molecule has 0 radical (unpaired) electrons. The number of hydrogen-bond donors (Lipinski definition) is 3. The molecule has 1 aliphatic carbocycles. The highest BCUT2D eigenvalue weighted by molar-refractivity contribution is 6.08. The molecule has 0 saturated carbocycles. The quantitative estimate of drug-likeness (QED) is 0.524. The molecule has 2 atom stereocenters. The zero-order chi connectivity index (χ0) is 18.7. The summed E-state index contributed by atoms with van der Waals surface area (Å²) in [5.41, 5.74) is 10.4. The fraction of sp³-hybridized carbons (Fsp3) is 0.235. The molecule has 0 spiro atoms. The van der Waals surface area contributed by atoms with Gasteiger partial charge in [0.2, 0.25) is 5.96 Å². The molecule has 0 bridgehead atoms. The molecule has 0 aromatic heterocycles. The van der Waals surface area contributed by atoms with Gasteiger partial charge in [-0.15, -0.1) is 0 Å². The van der Waals surface area contributed by atoms with E-state index >= 15 is 0 Å². The number of benzene rings is 1. The first-order valence-electron chi connectivity index (χ1n) is 7.84. The average Bonchev–Trinajstić information content (AvgIpc) is 2.61. The summed E-state index contributed by atoms with van der Waals surface area (Å²) in [6.45, 7) is 0.363. The molecule has 0 saturated heterocycles. The van der Waals surface area contributed by atoms with Crippen LogP contribution in [0.25, 0.3) is 0 Å². The van der Waals surface area contributed by atoms with Crippen LogP contribution in [0.4, 0.5) is 13.2 Å². The van der Waals surface area contributed by atoms with Gasteiger partial charge in [-0.2, -0.15) is 23.2 Å². The van der Waals surface area contributed by atoms with E-state index in [-0.39, 0.29) is 29.3 Å². The van der Waals surface area contributed by atoms with Crippen molar-refractivity contribution < 1.29 is 13.2 Å². The van der Waals surface area contributed by atoms with E-state index in [2.05, 4.69) is 20.3 Å². The molecule has 0 amide bonds. The monoisotopic (exact) mass is 362 g/mol. The van der Waals surface area contributed by atoms with Crippen LogP contribution in [0.15, 0.2) is 63.5 Å². The number of nitrogens with one attached hydrogen (secondary N) is 1. The Morgan fingerprint density at radius 1 is 1.15 bits per heavy atom. The molecule has 2 unspecified atom stereocenters. The highest BCUT2D eigenvalue weighted by atomic mass is 19.4. The van der Waals surface area contributed by atoms with Crippen LogP contribution in [-0.4, -0.2) is 30.3 Å². The van der Waals surface area contributed by atoms with E-state index in [1.807, 2.05) is 24.3 Å². The van der Waals surface area contributed by atoms with E-state index in [0.29, 0.717) is 12.5 Å². The second-order valence-electron chi connectivity index (χ2n) is 5.71. The molecular weight excluding hydrogens is 345 g/mol. The minimum Gasteiger partial charge on any atom is -0.383 e. The van der Waals surface area contributed by atoms with E-state index < -0.39 is 11.7 Å². The fourth-order valence-electron chi connectivity index (χ4n) is 2.78.